The molecular formula is C24H34ClN3O3. The molecule has 1 atom stereocenters. The first-order valence-electron chi connectivity index (χ1n) is 11.9. The maximum atomic E-state index is 12.8. The summed E-state index contributed by atoms with van der Waals surface area (Å²) in [5.74, 6) is 0.0567. The van der Waals surface area contributed by atoms with Crippen LogP contribution in [0.4, 0.5) is 5.69 Å². The van der Waals surface area contributed by atoms with Crippen LogP contribution >= 0.6 is 11.6 Å². The summed E-state index contributed by atoms with van der Waals surface area (Å²) in [5.41, 5.74) is 0.984. The molecule has 170 valence electrons. The van der Waals surface area contributed by atoms with Gasteiger partial charge in [-0.2, -0.15) is 0 Å². The number of ether oxygens (including phenoxy) is 2. The predicted molar refractivity (Wildman–Crippen MR) is 122 cm³/mol. The number of esters is 1. The van der Waals surface area contributed by atoms with Crippen molar-refractivity contribution in [3.8, 4) is 0 Å². The number of halogens is 1. The van der Waals surface area contributed by atoms with E-state index in [1.807, 2.05) is 12.1 Å². The van der Waals surface area contributed by atoms with Crippen molar-refractivity contribution in [2.75, 3.05) is 63.9 Å². The van der Waals surface area contributed by atoms with Crippen LogP contribution in [0.1, 0.15) is 32.1 Å². The Labute approximate surface area is 190 Å². The van der Waals surface area contributed by atoms with E-state index >= 15 is 0 Å². The largest absolute Gasteiger partial charge is 0.461 e. The maximum absolute atomic E-state index is 12.8. The van der Waals surface area contributed by atoms with E-state index in [0.717, 1.165) is 83.3 Å². The Kier molecular flexibility index (Phi) is 6.42. The number of hydrogen-bond acceptors (Lipinski definition) is 6. The van der Waals surface area contributed by atoms with Gasteiger partial charge in [-0.05, 0) is 57.0 Å². The van der Waals surface area contributed by atoms with Gasteiger partial charge in [0.15, 0.2) is 0 Å². The molecule has 5 rings (SSSR count). The first-order valence-corrected chi connectivity index (χ1v) is 12.2. The maximum Gasteiger partial charge on any atom is 0.312 e. The van der Waals surface area contributed by atoms with Gasteiger partial charge in [0.2, 0.25) is 0 Å². The molecule has 6 nitrogen and oxygen atoms in total. The van der Waals surface area contributed by atoms with E-state index < -0.39 is 0 Å². The van der Waals surface area contributed by atoms with Crippen LogP contribution in [0.25, 0.3) is 0 Å². The minimum absolute atomic E-state index is 0.0538. The third kappa shape index (κ3) is 4.72. The molecule has 1 aromatic carbocycles. The fraction of sp³-hybridized carbons (Fsp3) is 0.708. The molecule has 0 amide bonds. The SMILES string of the molecule is O=C1OC(CN2CCOCC2)CC12CCN(C1CCN(c3cccc(Cl)c3)CC1)CC2. The highest BCUT2D eigenvalue weighted by Crippen LogP contribution is 2.44. The van der Waals surface area contributed by atoms with Crippen LogP contribution < -0.4 is 4.90 Å². The number of likely N-dealkylation sites (tertiary alicyclic amines) is 1. The number of anilines is 1. The summed E-state index contributed by atoms with van der Waals surface area (Å²) in [6.07, 6.45) is 5.18. The monoisotopic (exact) mass is 447 g/mol. The molecule has 4 fully saturated rings. The number of carbonyl (C=O) groups is 1. The second-order valence-corrected chi connectivity index (χ2v) is 10.1. The molecule has 1 unspecified atom stereocenters. The van der Waals surface area contributed by atoms with Gasteiger partial charge in [0, 0.05) is 55.9 Å². The fourth-order valence-electron chi connectivity index (χ4n) is 5.90. The van der Waals surface area contributed by atoms with Crippen molar-refractivity contribution in [3.63, 3.8) is 0 Å². The van der Waals surface area contributed by atoms with Crippen molar-refractivity contribution < 1.29 is 14.3 Å². The van der Waals surface area contributed by atoms with Crippen molar-refractivity contribution in [3.05, 3.63) is 29.3 Å². The molecule has 4 heterocycles. The average Bonchev–Trinajstić information content (AvgIpc) is 3.09. The Morgan fingerprint density at radius 2 is 1.77 bits per heavy atom. The zero-order chi connectivity index (χ0) is 21.3. The van der Waals surface area contributed by atoms with Crippen molar-refractivity contribution in [1.82, 2.24) is 9.80 Å². The number of benzene rings is 1. The molecule has 4 aliphatic heterocycles. The zero-order valence-electron chi connectivity index (χ0n) is 18.3. The molecule has 0 aromatic heterocycles. The molecule has 4 aliphatic rings. The Morgan fingerprint density at radius 1 is 1.03 bits per heavy atom. The average molecular weight is 448 g/mol. The van der Waals surface area contributed by atoms with E-state index in [4.69, 9.17) is 21.1 Å². The molecule has 0 saturated carbocycles. The molecule has 1 spiro atoms. The smallest absolute Gasteiger partial charge is 0.312 e. The first-order chi connectivity index (χ1) is 15.1. The zero-order valence-corrected chi connectivity index (χ0v) is 19.1. The van der Waals surface area contributed by atoms with Gasteiger partial charge in [-0.25, -0.2) is 0 Å². The van der Waals surface area contributed by atoms with Gasteiger partial charge < -0.3 is 19.3 Å². The Balaban J connectivity index is 1.11. The van der Waals surface area contributed by atoms with Crippen molar-refractivity contribution in [2.45, 2.75) is 44.2 Å². The Morgan fingerprint density at radius 3 is 2.48 bits per heavy atom. The first kappa shape index (κ1) is 21.5. The summed E-state index contributed by atoms with van der Waals surface area (Å²) in [6, 6.07) is 8.79. The summed E-state index contributed by atoms with van der Waals surface area (Å²) in [5, 5.41) is 0.802. The summed E-state index contributed by atoms with van der Waals surface area (Å²) in [4.78, 5) is 20.3. The molecule has 31 heavy (non-hydrogen) atoms. The molecule has 0 N–H and O–H groups in total. The van der Waals surface area contributed by atoms with Gasteiger partial charge in [0.1, 0.15) is 6.10 Å². The van der Waals surface area contributed by atoms with E-state index in [0.29, 0.717) is 6.04 Å². The van der Waals surface area contributed by atoms with Crippen LogP contribution in [0.3, 0.4) is 0 Å². The molecule has 0 radical (unpaired) electrons. The number of cyclic esters (lactones) is 1. The van der Waals surface area contributed by atoms with Crippen LogP contribution in [-0.4, -0.2) is 86.9 Å². The topological polar surface area (TPSA) is 45.2 Å². The van der Waals surface area contributed by atoms with E-state index in [-0.39, 0.29) is 17.5 Å². The Bertz CT molecular complexity index is 769. The minimum Gasteiger partial charge on any atom is -0.461 e. The van der Waals surface area contributed by atoms with Crippen LogP contribution in [0.5, 0.6) is 0 Å². The molecule has 4 saturated heterocycles. The van der Waals surface area contributed by atoms with E-state index in [2.05, 4.69) is 26.8 Å². The summed E-state index contributed by atoms with van der Waals surface area (Å²) in [6.45, 7) is 8.50. The third-order valence-electron chi connectivity index (χ3n) is 7.80. The van der Waals surface area contributed by atoms with E-state index in [1.54, 1.807) is 0 Å². The molecule has 0 bridgehead atoms. The number of piperidine rings is 2. The lowest BCUT2D eigenvalue weighted by molar-refractivity contribution is -0.151. The lowest BCUT2D eigenvalue weighted by Crippen LogP contribution is -2.50. The normalized spacial score (nSPS) is 28.2. The van der Waals surface area contributed by atoms with E-state index in [1.165, 1.54) is 18.5 Å². The number of hydrogen-bond donors (Lipinski definition) is 0. The Hall–Kier alpha value is -1.34. The van der Waals surface area contributed by atoms with Gasteiger partial charge in [-0.3, -0.25) is 9.69 Å². The molecule has 7 heteroatoms. The van der Waals surface area contributed by atoms with Gasteiger partial charge in [-0.15, -0.1) is 0 Å². The van der Waals surface area contributed by atoms with Gasteiger partial charge >= 0.3 is 5.97 Å². The fourth-order valence-corrected chi connectivity index (χ4v) is 6.08. The number of rotatable bonds is 4. The van der Waals surface area contributed by atoms with E-state index in [9.17, 15) is 4.79 Å². The highest BCUT2D eigenvalue weighted by atomic mass is 35.5. The number of morpholine rings is 1. The lowest BCUT2D eigenvalue weighted by Gasteiger charge is -2.44. The van der Waals surface area contributed by atoms with Crippen LogP contribution in [0, 0.1) is 5.41 Å². The minimum atomic E-state index is -0.241. The van der Waals surface area contributed by atoms with Crippen LogP contribution in [0.15, 0.2) is 24.3 Å². The van der Waals surface area contributed by atoms with Crippen LogP contribution in [-0.2, 0) is 14.3 Å². The van der Waals surface area contributed by atoms with Crippen molar-refractivity contribution >= 4 is 23.3 Å². The van der Waals surface area contributed by atoms with Gasteiger partial charge in [0.25, 0.3) is 0 Å². The van der Waals surface area contributed by atoms with Gasteiger partial charge in [-0.1, -0.05) is 17.7 Å². The second-order valence-electron chi connectivity index (χ2n) is 9.66. The molecule has 1 aromatic rings. The number of nitrogens with zero attached hydrogens (tertiary/aromatic N) is 3. The highest BCUT2D eigenvalue weighted by molar-refractivity contribution is 6.30. The predicted octanol–water partition coefficient (Wildman–Crippen LogP) is 3.04. The summed E-state index contributed by atoms with van der Waals surface area (Å²) >= 11 is 6.17. The van der Waals surface area contributed by atoms with Crippen molar-refractivity contribution in [2.24, 2.45) is 5.41 Å². The number of carbonyl (C=O) groups excluding carboxylic acids is 1. The highest BCUT2D eigenvalue weighted by Gasteiger charge is 2.51. The summed E-state index contributed by atoms with van der Waals surface area (Å²) < 4.78 is 11.3. The summed E-state index contributed by atoms with van der Waals surface area (Å²) in [7, 11) is 0. The van der Waals surface area contributed by atoms with Crippen molar-refractivity contribution in [1.29, 1.82) is 0 Å². The van der Waals surface area contributed by atoms with Gasteiger partial charge in [0.05, 0.1) is 18.6 Å². The quantitative estimate of drug-likeness (QED) is 0.661. The van der Waals surface area contributed by atoms with Crippen LogP contribution in [0.2, 0.25) is 5.02 Å². The lowest BCUT2D eigenvalue weighted by atomic mass is 9.75. The second kappa shape index (κ2) is 9.26. The third-order valence-corrected chi connectivity index (χ3v) is 8.04. The molecule has 0 aliphatic carbocycles. The standard InChI is InChI=1S/C24H34ClN3O3/c25-19-2-1-3-21(16-19)27-8-4-20(5-9-27)28-10-6-24(7-11-28)17-22(31-23(24)29)18-26-12-14-30-15-13-26/h1-3,16,20,22H,4-15,17-18H2. The molecular weight excluding hydrogens is 414 g/mol.